The molecule has 0 heterocycles. The first-order valence-corrected chi connectivity index (χ1v) is 4.16. The lowest BCUT2D eigenvalue weighted by molar-refractivity contribution is 0.0993. The van der Waals surface area contributed by atoms with E-state index in [-0.39, 0.29) is 0 Å². The van der Waals surface area contributed by atoms with Crippen LogP contribution in [0.5, 0.6) is 0 Å². The molecule has 1 saturated carbocycles. The minimum atomic E-state index is -0.896. The molecule has 0 aliphatic heterocycles. The van der Waals surface area contributed by atoms with Crippen molar-refractivity contribution in [2.75, 3.05) is 6.54 Å². The van der Waals surface area contributed by atoms with Gasteiger partial charge in [0.05, 0.1) is 0 Å². The molecule has 1 fully saturated rings. The van der Waals surface area contributed by atoms with Gasteiger partial charge < -0.3 is 5.73 Å². The second kappa shape index (κ2) is 3.33. The zero-order valence-electron chi connectivity index (χ0n) is 6.41. The molecule has 0 radical (unpaired) electrons. The Bertz CT molecular complexity index is 91.9. The zero-order chi connectivity index (χ0) is 7.45. The van der Waals surface area contributed by atoms with Crippen LogP contribution in [0, 0.1) is 0 Å². The highest BCUT2D eigenvalue weighted by Gasteiger charge is 2.30. The molecule has 1 aliphatic rings. The van der Waals surface area contributed by atoms with E-state index in [9.17, 15) is 4.39 Å². The number of hydrogen-bond acceptors (Lipinski definition) is 1. The Hall–Kier alpha value is -0.110. The molecule has 0 aromatic rings. The van der Waals surface area contributed by atoms with Gasteiger partial charge in [-0.25, -0.2) is 4.39 Å². The van der Waals surface area contributed by atoms with E-state index in [1.165, 1.54) is 6.42 Å². The van der Waals surface area contributed by atoms with Crippen LogP contribution in [0.3, 0.4) is 0 Å². The average molecular weight is 145 g/mol. The second-order valence-corrected chi connectivity index (χ2v) is 3.25. The quantitative estimate of drug-likeness (QED) is 0.632. The zero-order valence-corrected chi connectivity index (χ0v) is 6.41. The van der Waals surface area contributed by atoms with Gasteiger partial charge in [0.25, 0.3) is 0 Å². The maximum absolute atomic E-state index is 13.5. The van der Waals surface area contributed by atoms with Gasteiger partial charge in [0.2, 0.25) is 0 Å². The van der Waals surface area contributed by atoms with Crippen LogP contribution in [0.25, 0.3) is 0 Å². The van der Waals surface area contributed by atoms with E-state index in [1.807, 2.05) is 0 Å². The van der Waals surface area contributed by atoms with E-state index in [1.54, 1.807) is 0 Å². The normalized spacial score (nSPS) is 24.6. The van der Waals surface area contributed by atoms with Crippen LogP contribution in [0.15, 0.2) is 0 Å². The summed E-state index contributed by atoms with van der Waals surface area (Å²) in [5.74, 6) is 0. The fraction of sp³-hybridized carbons (Fsp3) is 1.00. The molecule has 1 rings (SSSR count). The minimum absolute atomic E-state index is 0.497. The molecule has 1 aliphatic carbocycles. The molecule has 0 aromatic heterocycles. The third-order valence-corrected chi connectivity index (χ3v) is 2.34. The Balaban J connectivity index is 2.32. The van der Waals surface area contributed by atoms with E-state index < -0.39 is 5.67 Å². The van der Waals surface area contributed by atoms with Crippen molar-refractivity contribution in [2.24, 2.45) is 5.73 Å². The van der Waals surface area contributed by atoms with Gasteiger partial charge in [0.15, 0.2) is 0 Å². The molecule has 2 heteroatoms. The van der Waals surface area contributed by atoms with Gasteiger partial charge in [-0.1, -0.05) is 19.3 Å². The summed E-state index contributed by atoms with van der Waals surface area (Å²) in [6.07, 6.45) is 5.35. The Morgan fingerprint density at radius 3 is 2.30 bits per heavy atom. The minimum Gasteiger partial charge on any atom is -0.330 e. The summed E-state index contributed by atoms with van der Waals surface area (Å²) in [6, 6.07) is 0. The Kier molecular flexibility index (Phi) is 2.66. The summed E-state index contributed by atoms with van der Waals surface area (Å²) in [4.78, 5) is 0. The number of halogens is 1. The van der Waals surface area contributed by atoms with E-state index in [4.69, 9.17) is 5.73 Å². The highest BCUT2D eigenvalue weighted by molar-refractivity contribution is 4.82. The molecule has 1 nitrogen and oxygen atoms in total. The van der Waals surface area contributed by atoms with Crippen molar-refractivity contribution in [1.82, 2.24) is 0 Å². The van der Waals surface area contributed by atoms with E-state index in [2.05, 4.69) is 0 Å². The van der Waals surface area contributed by atoms with Crippen molar-refractivity contribution in [2.45, 2.75) is 44.2 Å². The van der Waals surface area contributed by atoms with Crippen molar-refractivity contribution in [3.63, 3.8) is 0 Å². The highest BCUT2D eigenvalue weighted by Crippen LogP contribution is 2.33. The smallest absolute Gasteiger partial charge is 0.112 e. The first-order valence-electron chi connectivity index (χ1n) is 4.16. The maximum atomic E-state index is 13.5. The van der Waals surface area contributed by atoms with E-state index in [0.717, 1.165) is 25.7 Å². The molecule has 0 unspecified atom stereocenters. The van der Waals surface area contributed by atoms with Gasteiger partial charge in [-0.3, -0.25) is 0 Å². The molecular weight excluding hydrogens is 129 g/mol. The summed E-state index contributed by atoms with van der Waals surface area (Å²) in [7, 11) is 0. The van der Waals surface area contributed by atoms with Gasteiger partial charge >= 0.3 is 0 Å². The highest BCUT2D eigenvalue weighted by atomic mass is 19.1. The Labute approximate surface area is 61.8 Å². The molecule has 60 valence electrons. The predicted octanol–water partition coefficient (Wildman–Crippen LogP) is 2.01. The molecule has 2 N–H and O–H groups in total. The summed E-state index contributed by atoms with van der Waals surface area (Å²) in [5, 5.41) is 0. The molecule has 0 spiro atoms. The first-order chi connectivity index (χ1) is 4.77. The second-order valence-electron chi connectivity index (χ2n) is 3.25. The van der Waals surface area contributed by atoms with Crippen LogP contribution in [0.1, 0.15) is 38.5 Å². The Morgan fingerprint density at radius 1 is 1.20 bits per heavy atom. The third kappa shape index (κ3) is 1.94. The lowest BCUT2D eigenvalue weighted by atomic mass is 9.84. The van der Waals surface area contributed by atoms with Crippen molar-refractivity contribution >= 4 is 0 Å². The fourth-order valence-corrected chi connectivity index (χ4v) is 1.69. The van der Waals surface area contributed by atoms with Crippen LogP contribution in [-0.4, -0.2) is 12.2 Å². The van der Waals surface area contributed by atoms with Gasteiger partial charge in [-0.2, -0.15) is 0 Å². The van der Waals surface area contributed by atoms with Crippen molar-refractivity contribution in [1.29, 1.82) is 0 Å². The van der Waals surface area contributed by atoms with E-state index in [0.29, 0.717) is 13.0 Å². The lowest BCUT2D eigenvalue weighted by Crippen LogP contribution is -2.28. The van der Waals surface area contributed by atoms with Gasteiger partial charge in [0.1, 0.15) is 5.67 Å². The molecule has 0 saturated heterocycles. The fourth-order valence-electron chi connectivity index (χ4n) is 1.69. The standard InChI is InChI=1S/C8H16FN/c9-8(6-7-10)4-2-1-3-5-8/h1-7,10H2. The summed E-state index contributed by atoms with van der Waals surface area (Å²) >= 11 is 0. The number of rotatable bonds is 2. The monoisotopic (exact) mass is 145 g/mol. The molecule has 0 bridgehead atoms. The maximum Gasteiger partial charge on any atom is 0.112 e. The average Bonchev–Trinajstić information content (AvgIpc) is 1.89. The topological polar surface area (TPSA) is 26.0 Å². The van der Waals surface area contributed by atoms with Gasteiger partial charge in [0, 0.05) is 0 Å². The van der Waals surface area contributed by atoms with Crippen LogP contribution in [0.4, 0.5) is 4.39 Å². The molecule has 10 heavy (non-hydrogen) atoms. The SMILES string of the molecule is NCCC1(F)CCCCC1. The van der Waals surface area contributed by atoms with Crippen LogP contribution in [-0.2, 0) is 0 Å². The number of nitrogens with two attached hydrogens (primary N) is 1. The van der Waals surface area contributed by atoms with Crippen LogP contribution >= 0.6 is 0 Å². The molecule has 0 amide bonds. The molecule has 0 aromatic carbocycles. The summed E-state index contributed by atoms with van der Waals surface area (Å²) < 4.78 is 13.5. The van der Waals surface area contributed by atoms with Crippen LogP contribution in [0.2, 0.25) is 0 Å². The summed E-state index contributed by atoms with van der Waals surface area (Å²) in [6.45, 7) is 0.497. The third-order valence-electron chi connectivity index (χ3n) is 2.34. The van der Waals surface area contributed by atoms with Crippen molar-refractivity contribution in [3.8, 4) is 0 Å². The first kappa shape index (κ1) is 7.99. The number of alkyl halides is 1. The van der Waals surface area contributed by atoms with Crippen LogP contribution < -0.4 is 5.73 Å². The largest absolute Gasteiger partial charge is 0.330 e. The van der Waals surface area contributed by atoms with E-state index >= 15 is 0 Å². The summed E-state index contributed by atoms with van der Waals surface area (Å²) in [5.41, 5.74) is 4.41. The predicted molar refractivity (Wildman–Crippen MR) is 40.6 cm³/mol. The van der Waals surface area contributed by atoms with Gasteiger partial charge in [-0.15, -0.1) is 0 Å². The lowest BCUT2D eigenvalue weighted by Gasteiger charge is -2.28. The van der Waals surface area contributed by atoms with Gasteiger partial charge in [-0.05, 0) is 25.8 Å². The molecular formula is C8H16FN. The van der Waals surface area contributed by atoms with Crippen molar-refractivity contribution in [3.05, 3.63) is 0 Å². The Morgan fingerprint density at radius 2 is 1.80 bits per heavy atom. The molecule has 0 atom stereocenters. The van der Waals surface area contributed by atoms with Crippen molar-refractivity contribution < 1.29 is 4.39 Å². The number of hydrogen-bond donors (Lipinski definition) is 1.